The number of ether oxygens (including phenoxy) is 2. The van der Waals surface area contributed by atoms with Gasteiger partial charge in [0, 0.05) is 24.8 Å². The normalized spacial score (nSPS) is 14.4. The van der Waals surface area contributed by atoms with Crippen LogP contribution >= 0.6 is 0 Å². The lowest BCUT2D eigenvalue weighted by molar-refractivity contribution is 0.158. The molecule has 19 heavy (non-hydrogen) atoms. The van der Waals surface area contributed by atoms with Crippen LogP contribution in [0.5, 0.6) is 5.75 Å². The van der Waals surface area contributed by atoms with Crippen molar-refractivity contribution in [1.29, 1.82) is 0 Å². The second-order valence-corrected chi connectivity index (χ2v) is 5.15. The van der Waals surface area contributed by atoms with Crippen LogP contribution in [0, 0.1) is 0 Å². The summed E-state index contributed by atoms with van der Waals surface area (Å²) in [5, 5.41) is 3.59. The standard InChI is InChI=1S/C16H27NO2/c1-6-14(11-18-5)17-13(4)15-9-7-8-10-16(15)19-12(2)3/h7-10,12-14,17H,6,11H2,1-5H3. The highest BCUT2D eigenvalue weighted by molar-refractivity contribution is 5.35. The lowest BCUT2D eigenvalue weighted by atomic mass is 10.1. The smallest absolute Gasteiger partial charge is 0.124 e. The molecule has 3 heteroatoms. The Morgan fingerprint density at radius 1 is 1.16 bits per heavy atom. The lowest BCUT2D eigenvalue weighted by Gasteiger charge is -2.24. The van der Waals surface area contributed by atoms with Gasteiger partial charge in [0.05, 0.1) is 12.7 Å². The van der Waals surface area contributed by atoms with E-state index in [9.17, 15) is 0 Å². The van der Waals surface area contributed by atoms with E-state index < -0.39 is 0 Å². The number of methoxy groups -OCH3 is 1. The van der Waals surface area contributed by atoms with Crippen LogP contribution in [0.1, 0.15) is 45.7 Å². The minimum Gasteiger partial charge on any atom is -0.491 e. The Bertz CT molecular complexity index is 366. The van der Waals surface area contributed by atoms with Gasteiger partial charge in [-0.1, -0.05) is 25.1 Å². The molecule has 0 saturated heterocycles. The summed E-state index contributed by atoms with van der Waals surface area (Å²) in [6.07, 6.45) is 1.24. The quantitative estimate of drug-likeness (QED) is 0.779. The monoisotopic (exact) mass is 265 g/mol. The van der Waals surface area contributed by atoms with Gasteiger partial charge in [-0.15, -0.1) is 0 Å². The second kappa shape index (κ2) is 8.18. The van der Waals surface area contributed by atoms with E-state index >= 15 is 0 Å². The highest BCUT2D eigenvalue weighted by Crippen LogP contribution is 2.26. The molecular formula is C16H27NO2. The van der Waals surface area contributed by atoms with Gasteiger partial charge in [0.2, 0.25) is 0 Å². The topological polar surface area (TPSA) is 30.5 Å². The average Bonchev–Trinajstić information content (AvgIpc) is 2.38. The van der Waals surface area contributed by atoms with Gasteiger partial charge in [-0.05, 0) is 33.3 Å². The summed E-state index contributed by atoms with van der Waals surface area (Å²) in [4.78, 5) is 0. The SMILES string of the molecule is CCC(COC)NC(C)c1ccccc1OC(C)C. The number of hydrogen-bond donors (Lipinski definition) is 1. The zero-order chi connectivity index (χ0) is 14.3. The first-order valence-electron chi connectivity index (χ1n) is 7.09. The number of benzene rings is 1. The minimum absolute atomic E-state index is 0.189. The number of hydrogen-bond acceptors (Lipinski definition) is 3. The number of para-hydroxylation sites is 1. The summed E-state index contributed by atoms with van der Waals surface area (Å²) >= 11 is 0. The zero-order valence-electron chi connectivity index (χ0n) is 12.8. The third-order valence-corrected chi connectivity index (χ3v) is 3.09. The fourth-order valence-corrected chi connectivity index (χ4v) is 2.13. The highest BCUT2D eigenvalue weighted by Gasteiger charge is 2.15. The predicted octanol–water partition coefficient (Wildman–Crippen LogP) is 3.55. The Hall–Kier alpha value is -1.06. The van der Waals surface area contributed by atoms with Crippen molar-refractivity contribution < 1.29 is 9.47 Å². The summed E-state index contributed by atoms with van der Waals surface area (Å²) in [6.45, 7) is 9.16. The van der Waals surface area contributed by atoms with Crippen molar-refractivity contribution in [2.24, 2.45) is 0 Å². The molecule has 3 nitrogen and oxygen atoms in total. The van der Waals surface area contributed by atoms with Crippen molar-refractivity contribution in [2.75, 3.05) is 13.7 Å². The molecular weight excluding hydrogens is 238 g/mol. The molecule has 1 aromatic carbocycles. The van der Waals surface area contributed by atoms with Gasteiger partial charge < -0.3 is 14.8 Å². The van der Waals surface area contributed by atoms with E-state index in [0.29, 0.717) is 6.04 Å². The molecule has 0 bridgehead atoms. The van der Waals surface area contributed by atoms with Crippen molar-refractivity contribution in [2.45, 2.75) is 52.3 Å². The molecule has 0 fully saturated rings. The van der Waals surface area contributed by atoms with Crippen LogP contribution in [0.4, 0.5) is 0 Å². The summed E-state index contributed by atoms with van der Waals surface area (Å²) < 4.78 is 11.1. The van der Waals surface area contributed by atoms with E-state index in [2.05, 4.69) is 45.1 Å². The zero-order valence-corrected chi connectivity index (χ0v) is 12.8. The van der Waals surface area contributed by atoms with E-state index in [0.717, 1.165) is 18.8 Å². The van der Waals surface area contributed by atoms with Gasteiger partial charge in [0.1, 0.15) is 5.75 Å². The molecule has 0 heterocycles. The van der Waals surface area contributed by atoms with Crippen LogP contribution in [0.15, 0.2) is 24.3 Å². The van der Waals surface area contributed by atoms with Crippen molar-refractivity contribution in [1.82, 2.24) is 5.32 Å². The van der Waals surface area contributed by atoms with Crippen molar-refractivity contribution in [3.63, 3.8) is 0 Å². The van der Waals surface area contributed by atoms with E-state index in [1.54, 1.807) is 7.11 Å². The largest absolute Gasteiger partial charge is 0.491 e. The molecule has 1 N–H and O–H groups in total. The minimum atomic E-state index is 0.189. The molecule has 0 amide bonds. The van der Waals surface area contributed by atoms with Crippen LogP contribution in [-0.4, -0.2) is 25.9 Å². The summed E-state index contributed by atoms with van der Waals surface area (Å²) in [6, 6.07) is 8.83. The predicted molar refractivity (Wildman–Crippen MR) is 79.7 cm³/mol. The summed E-state index contributed by atoms with van der Waals surface area (Å²) in [5.74, 6) is 0.963. The van der Waals surface area contributed by atoms with Crippen LogP contribution in [0.25, 0.3) is 0 Å². The lowest BCUT2D eigenvalue weighted by Crippen LogP contribution is -2.34. The Kier molecular flexibility index (Phi) is 6.89. The highest BCUT2D eigenvalue weighted by atomic mass is 16.5. The van der Waals surface area contributed by atoms with Crippen LogP contribution in [0.3, 0.4) is 0 Å². The van der Waals surface area contributed by atoms with Crippen LogP contribution in [0.2, 0.25) is 0 Å². The molecule has 0 saturated carbocycles. The molecule has 0 aliphatic heterocycles. The Balaban J connectivity index is 2.77. The first-order valence-corrected chi connectivity index (χ1v) is 7.09. The fourth-order valence-electron chi connectivity index (χ4n) is 2.13. The number of nitrogens with one attached hydrogen (secondary N) is 1. The van der Waals surface area contributed by atoms with Gasteiger partial charge in [-0.3, -0.25) is 0 Å². The molecule has 2 atom stereocenters. The molecule has 108 valence electrons. The Morgan fingerprint density at radius 2 is 1.84 bits per heavy atom. The maximum Gasteiger partial charge on any atom is 0.124 e. The second-order valence-electron chi connectivity index (χ2n) is 5.15. The van der Waals surface area contributed by atoms with E-state index in [1.807, 2.05) is 12.1 Å². The van der Waals surface area contributed by atoms with Gasteiger partial charge in [-0.2, -0.15) is 0 Å². The third kappa shape index (κ3) is 5.21. The van der Waals surface area contributed by atoms with Crippen molar-refractivity contribution >= 4 is 0 Å². The molecule has 0 radical (unpaired) electrons. The van der Waals surface area contributed by atoms with Crippen LogP contribution < -0.4 is 10.1 Å². The first kappa shape index (κ1) is 16.0. The molecule has 2 unspecified atom stereocenters. The molecule has 0 aliphatic rings. The number of rotatable bonds is 8. The summed E-state index contributed by atoms with van der Waals surface area (Å²) in [7, 11) is 1.74. The van der Waals surface area contributed by atoms with Gasteiger partial charge in [0.25, 0.3) is 0 Å². The fraction of sp³-hybridized carbons (Fsp3) is 0.625. The van der Waals surface area contributed by atoms with E-state index in [1.165, 1.54) is 5.56 Å². The molecule has 0 aromatic heterocycles. The average molecular weight is 265 g/mol. The molecule has 1 rings (SSSR count). The van der Waals surface area contributed by atoms with E-state index in [4.69, 9.17) is 9.47 Å². The van der Waals surface area contributed by atoms with Gasteiger partial charge >= 0.3 is 0 Å². The van der Waals surface area contributed by atoms with E-state index in [-0.39, 0.29) is 12.1 Å². The molecule has 1 aromatic rings. The van der Waals surface area contributed by atoms with Gasteiger partial charge in [-0.25, -0.2) is 0 Å². The van der Waals surface area contributed by atoms with Crippen molar-refractivity contribution in [3.05, 3.63) is 29.8 Å². The Labute approximate surface area is 117 Å². The maximum atomic E-state index is 5.87. The third-order valence-electron chi connectivity index (χ3n) is 3.09. The molecule has 0 aliphatic carbocycles. The summed E-state index contributed by atoms with van der Waals surface area (Å²) in [5.41, 5.74) is 1.20. The van der Waals surface area contributed by atoms with Gasteiger partial charge in [0.15, 0.2) is 0 Å². The first-order chi connectivity index (χ1) is 9.08. The van der Waals surface area contributed by atoms with Crippen LogP contribution in [-0.2, 0) is 4.74 Å². The maximum absolute atomic E-state index is 5.87. The van der Waals surface area contributed by atoms with Crippen molar-refractivity contribution in [3.8, 4) is 5.75 Å². The Morgan fingerprint density at radius 3 is 2.42 bits per heavy atom. The molecule has 0 spiro atoms.